The van der Waals surface area contributed by atoms with Crippen molar-refractivity contribution in [2.24, 2.45) is 0 Å². The molecule has 0 amide bonds. The van der Waals surface area contributed by atoms with E-state index >= 15 is 0 Å². The van der Waals surface area contributed by atoms with Crippen molar-refractivity contribution in [1.82, 2.24) is 14.8 Å². The van der Waals surface area contributed by atoms with Crippen LogP contribution in [0.5, 0.6) is 5.75 Å². The largest absolute Gasteiger partial charge is 0.486 e. The average molecular weight is 354 g/mol. The lowest BCUT2D eigenvalue weighted by Crippen LogP contribution is -2.08. The minimum absolute atomic E-state index is 0.0769. The molecule has 0 aliphatic carbocycles. The Morgan fingerprint density at radius 1 is 1.52 bits per heavy atom. The van der Waals surface area contributed by atoms with Crippen molar-refractivity contribution < 1.29 is 14.6 Å². The van der Waals surface area contributed by atoms with Crippen LogP contribution < -0.4 is 4.74 Å². The first-order valence-corrected chi connectivity index (χ1v) is 8.14. The number of thioether (sulfide) groups is 1. The molecule has 1 aromatic carbocycles. The molecule has 0 aliphatic rings. The first-order chi connectivity index (χ1) is 11.0. The molecule has 1 aromatic heterocycles. The van der Waals surface area contributed by atoms with Gasteiger partial charge in [-0.05, 0) is 30.7 Å². The van der Waals surface area contributed by atoms with E-state index in [1.54, 1.807) is 22.8 Å². The summed E-state index contributed by atoms with van der Waals surface area (Å²) in [6, 6.07) is 5.40. The monoisotopic (exact) mass is 353 g/mol. The number of carboxylic acids is 1. The fourth-order valence-corrected chi connectivity index (χ4v) is 2.63. The van der Waals surface area contributed by atoms with Crippen LogP contribution in [0.3, 0.4) is 0 Å². The number of aromatic nitrogens is 3. The van der Waals surface area contributed by atoms with E-state index in [-0.39, 0.29) is 12.4 Å². The molecule has 0 bridgehead atoms. The summed E-state index contributed by atoms with van der Waals surface area (Å²) in [6.07, 6.45) is 1.70. The van der Waals surface area contributed by atoms with Crippen LogP contribution in [0.4, 0.5) is 0 Å². The smallest absolute Gasteiger partial charge is 0.313 e. The lowest BCUT2D eigenvalue weighted by atomic mass is 10.2. The van der Waals surface area contributed by atoms with Gasteiger partial charge in [0, 0.05) is 11.6 Å². The maximum Gasteiger partial charge on any atom is 0.313 e. The molecule has 0 unspecified atom stereocenters. The molecule has 6 nitrogen and oxygen atoms in total. The van der Waals surface area contributed by atoms with E-state index in [0.29, 0.717) is 28.3 Å². The first-order valence-electron chi connectivity index (χ1n) is 6.77. The Bertz CT molecular complexity index is 718. The van der Waals surface area contributed by atoms with Gasteiger partial charge in [-0.2, -0.15) is 0 Å². The molecule has 122 valence electrons. The molecule has 2 rings (SSSR count). The number of halogens is 1. The predicted molar refractivity (Wildman–Crippen MR) is 89.1 cm³/mol. The van der Waals surface area contributed by atoms with Crippen LogP contribution in [0.1, 0.15) is 11.4 Å². The fraction of sp³-hybridized carbons (Fsp3) is 0.267. The Morgan fingerprint density at radius 2 is 2.30 bits per heavy atom. The Hall–Kier alpha value is -1.99. The van der Waals surface area contributed by atoms with E-state index in [9.17, 15) is 4.79 Å². The highest BCUT2D eigenvalue weighted by atomic mass is 35.5. The maximum absolute atomic E-state index is 10.7. The number of allylic oxidation sites excluding steroid dienone is 1. The zero-order valence-electron chi connectivity index (χ0n) is 12.5. The summed E-state index contributed by atoms with van der Waals surface area (Å²) in [7, 11) is 0. The second-order valence-corrected chi connectivity index (χ2v) is 6.03. The number of hydrogen-bond donors (Lipinski definition) is 1. The molecule has 0 saturated carbocycles. The summed E-state index contributed by atoms with van der Waals surface area (Å²) in [4.78, 5) is 10.7. The van der Waals surface area contributed by atoms with Gasteiger partial charge < -0.3 is 9.84 Å². The number of rotatable bonds is 8. The van der Waals surface area contributed by atoms with Crippen molar-refractivity contribution in [3.8, 4) is 5.75 Å². The second-order valence-electron chi connectivity index (χ2n) is 4.68. The molecule has 0 saturated heterocycles. The van der Waals surface area contributed by atoms with Crippen LogP contribution >= 0.6 is 23.4 Å². The van der Waals surface area contributed by atoms with Crippen LogP contribution in [-0.4, -0.2) is 31.6 Å². The summed E-state index contributed by atoms with van der Waals surface area (Å²) in [5, 5.41) is 18.1. The lowest BCUT2D eigenvalue weighted by molar-refractivity contribution is -0.133. The van der Waals surface area contributed by atoms with Gasteiger partial charge >= 0.3 is 5.97 Å². The van der Waals surface area contributed by atoms with Gasteiger partial charge in [0.25, 0.3) is 0 Å². The summed E-state index contributed by atoms with van der Waals surface area (Å²) in [5.41, 5.74) is 0.925. The molecule has 0 spiro atoms. The zero-order valence-corrected chi connectivity index (χ0v) is 14.1. The van der Waals surface area contributed by atoms with Crippen LogP contribution in [0, 0.1) is 6.92 Å². The van der Waals surface area contributed by atoms with Gasteiger partial charge in [0.05, 0.1) is 5.75 Å². The van der Waals surface area contributed by atoms with E-state index in [1.807, 2.05) is 13.0 Å². The number of nitrogens with zero attached hydrogens (tertiary/aromatic N) is 3. The van der Waals surface area contributed by atoms with E-state index in [2.05, 4.69) is 16.8 Å². The normalized spacial score (nSPS) is 10.5. The van der Waals surface area contributed by atoms with Gasteiger partial charge in [0.2, 0.25) is 0 Å². The molecule has 0 atom stereocenters. The third kappa shape index (κ3) is 4.74. The predicted octanol–water partition coefficient (Wildman–Crippen LogP) is 3.18. The number of carbonyl (C=O) groups is 1. The van der Waals surface area contributed by atoms with Gasteiger partial charge in [-0.3, -0.25) is 9.36 Å². The molecular formula is C15H16ClN3O3S. The Balaban J connectivity index is 2.10. The van der Waals surface area contributed by atoms with Gasteiger partial charge in [0.1, 0.15) is 12.4 Å². The van der Waals surface area contributed by atoms with E-state index in [4.69, 9.17) is 21.4 Å². The van der Waals surface area contributed by atoms with Crippen molar-refractivity contribution >= 4 is 29.3 Å². The average Bonchev–Trinajstić information content (AvgIpc) is 2.89. The van der Waals surface area contributed by atoms with Crippen molar-refractivity contribution in [3.63, 3.8) is 0 Å². The zero-order chi connectivity index (χ0) is 16.8. The summed E-state index contributed by atoms with van der Waals surface area (Å²) < 4.78 is 7.49. The molecular weight excluding hydrogens is 338 g/mol. The molecule has 0 radical (unpaired) electrons. The number of hydrogen-bond acceptors (Lipinski definition) is 5. The minimum atomic E-state index is -0.905. The van der Waals surface area contributed by atoms with Gasteiger partial charge in [-0.25, -0.2) is 0 Å². The van der Waals surface area contributed by atoms with Gasteiger partial charge in [0.15, 0.2) is 11.0 Å². The number of aryl methyl sites for hydroxylation is 1. The van der Waals surface area contributed by atoms with Crippen LogP contribution in [0.2, 0.25) is 5.02 Å². The number of carboxylic acid groups (broad SMARTS) is 1. The standard InChI is InChI=1S/C15H16ClN3O3S/c1-3-6-19-13(17-18-15(19)23-9-14(20)21)8-22-11-4-5-12(16)10(2)7-11/h3-5,7H,1,6,8-9H2,2H3,(H,20,21). The third-order valence-corrected chi connectivity index (χ3v) is 4.30. The second kappa shape index (κ2) is 8.03. The third-order valence-electron chi connectivity index (χ3n) is 2.93. The van der Waals surface area contributed by atoms with Gasteiger partial charge in [-0.15, -0.1) is 16.8 Å². The van der Waals surface area contributed by atoms with Crippen molar-refractivity contribution in [1.29, 1.82) is 0 Å². The number of benzene rings is 1. The molecule has 0 fully saturated rings. The van der Waals surface area contributed by atoms with Crippen molar-refractivity contribution in [2.75, 3.05) is 5.75 Å². The highest BCUT2D eigenvalue weighted by Gasteiger charge is 2.13. The Morgan fingerprint density at radius 3 is 2.96 bits per heavy atom. The molecule has 0 aliphatic heterocycles. The Labute approximate surface area is 143 Å². The SMILES string of the molecule is C=CCn1c(COc2ccc(Cl)c(C)c2)nnc1SCC(=O)O. The summed E-state index contributed by atoms with van der Waals surface area (Å²) >= 11 is 7.10. The van der Waals surface area contributed by atoms with Gasteiger partial charge in [-0.1, -0.05) is 29.4 Å². The fourth-order valence-electron chi connectivity index (χ4n) is 1.83. The van der Waals surface area contributed by atoms with Crippen LogP contribution in [-0.2, 0) is 17.9 Å². The van der Waals surface area contributed by atoms with Crippen LogP contribution in [0.15, 0.2) is 36.0 Å². The quantitative estimate of drug-likeness (QED) is 0.580. The van der Waals surface area contributed by atoms with E-state index in [0.717, 1.165) is 17.3 Å². The molecule has 1 heterocycles. The lowest BCUT2D eigenvalue weighted by Gasteiger charge is -2.09. The van der Waals surface area contributed by atoms with Crippen LogP contribution in [0.25, 0.3) is 0 Å². The maximum atomic E-state index is 10.7. The molecule has 1 N–H and O–H groups in total. The molecule has 2 aromatic rings. The first kappa shape index (κ1) is 17.4. The molecule has 23 heavy (non-hydrogen) atoms. The number of ether oxygens (including phenoxy) is 1. The Kier molecular flexibility index (Phi) is 6.06. The highest BCUT2D eigenvalue weighted by molar-refractivity contribution is 7.99. The van der Waals surface area contributed by atoms with E-state index in [1.165, 1.54) is 0 Å². The highest BCUT2D eigenvalue weighted by Crippen LogP contribution is 2.22. The minimum Gasteiger partial charge on any atom is -0.486 e. The summed E-state index contributed by atoms with van der Waals surface area (Å²) in [5.74, 6) is 0.301. The van der Waals surface area contributed by atoms with E-state index < -0.39 is 5.97 Å². The summed E-state index contributed by atoms with van der Waals surface area (Å²) in [6.45, 7) is 6.29. The molecule has 8 heteroatoms. The number of aliphatic carboxylic acids is 1. The van der Waals surface area contributed by atoms with Crippen molar-refractivity contribution in [2.45, 2.75) is 25.2 Å². The van der Waals surface area contributed by atoms with Crippen molar-refractivity contribution in [3.05, 3.63) is 47.3 Å². The topological polar surface area (TPSA) is 77.2 Å².